The van der Waals surface area contributed by atoms with Crippen LogP contribution in [0.2, 0.25) is 0 Å². The van der Waals surface area contributed by atoms with Crippen LogP contribution in [0.5, 0.6) is 0 Å². The number of hydrogen-bond donors (Lipinski definition) is 2. The number of carbonyl (C=O) groups excluding carboxylic acids is 2. The quantitative estimate of drug-likeness (QED) is 0.796. The van der Waals surface area contributed by atoms with Crippen LogP contribution in [0.4, 0.5) is 0 Å². The molecule has 1 unspecified atom stereocenters. The highest BCUT2D eigenvalue weighted by molar-refractivity contribution is 6.03. The van der Waals surface area contributed by atoms with E-state index in [2.05, 4.69) is 15.5 Å². The Balaban J connectivity index is 1.84. The largest absolute Gasteiger partial charge is 0.459 e. The Kier molecular flexibility index (Phi) is 4.70. The maximum Gasteiger partial charge on any atom is 0.293 e. The van der Waals surface area contributed by atoms with Crippen molar-refractivity contribution in [1.29, 1.82) is 0 Å². The lowest BCUT2D eigenvalue weighted by Gasteiger charge is -2.25. The second kappa shape index (κ2) is 6.49. The number of furan rings is 1. The Morgan fingerprint density at radius 2 is 2.42 bits per heavy atom. The third-order valence-electron chi connectivity index (χ3n) is 3.30. The van der Waals surface area contributed by atoms with Crippen LogP contribution in [0.15, 0.2) is 22.8 Å². The highest BCUT2D eigenvalue weighted by Gasteiger charge is 2.23. The Morgan fingerprint density at radius 3 is 3.00 bits per heavy atom. The van der Waals surface area contributed by atoms with Gasteiger partial charge < -0.3 is 9.73 Å². The zero-order valence-electron chi connectivity index (χ0n) is 11.0. The van der Waals surface area contributed by atoms with E-state index in [1.165, 1.54) is 12.3 Å². The maximum absolute atomic E-state index is 11.8. The second-order valence-electron chi connectivity index (χ2n) is 4.56. The first-order chi connectivity index (χ1) is 9.20. The Labute approximate surface area is 112 Å². The van der Waals surface area contributed by atoms with Crippen LogP contribution in [-0.4, -0.2) is 48.9 Å². The number of nitrogens with one attached hydrogen (secondary N) is 2. The van der Waals surface area contributed by atoms with Crippen LogP contribution in [0, 0.1) is 0 Å². The SMILES string of the molecule is CCN(CC(=O)NC(=O)c1ccco1)C1CCNC1. The molecule has 0 aromatic carbocycles. The van der Waals surface area contributed by atoms with Gasteiger partial charge in [-0.05, 0) is 31.6 Å². The summed E-state index contributed by atoms with van der Waals surface area (Å²) >= 11 is 0. The zero-order valence-corrected chi connectivity index (χ0v) is 11.0. The highest BCUT2D eigenvalue weighted by Crippen LogP contribution is 2.07. The van der Waals surface area contributed by atoms with Gasteiger partial charge in [-0.3, -0.25) is 19.8 Å². The van der Waals surface area contributed by atoms with E-state index in [4.69, 9.17) is 4.42 Å². The molecule has 104 valence electrons. The normalized spacial score (nSPS) is 18.7. The highest BCUT2D eigenvalue weighted by atomic mass is 16.3. The number of hydrogen-bond acceptors (Lipinski definition) is 5. The first-order valence-corrected chi connectivity index (χ1v) is 6.53. The monoisotopic (exact) mass is 265 g/mol. The lowest BCUT2D eigenvalue weighted by atomic mass is 10.2. The van der Waals surface area contributed by atoms with Gasteiger partial charge in [-0.2, -0.15) is 0 Å². The molecule has 0 saturated carbocycles. The molecule has 2 heterocycles. The number of likely N-dealkylation sites (N-methyl/N-ethyl adjacent to an activating group) is 1. The van der Waals surface area contributed by atoms with Crippen molar-refractivity contribution in [2.24, 2.45) is 0 Å². The van der Waals surface area contributed by atoms with Crippen molar-refractivity contribution in [3.8, 4) is 0 Å². The zero-order chi connectivity index (χ0) is 13.7. The molecule has 0 radical (unpaired) electrons. The molecule has 19 heavy (non-hydrogen) atoms. The van der Waals surface area contributed by atoms with Crippen molar-refractivity contribution in [2.75, 3.05) is 26.2 Å². The summed E-state index contributed by atoms with van der Waals surface area (Å²) in [4.78, 5) is 25.6. The van der Waals surface area contributed by atoms with E-state index in [0.717, 1.165) is 26.1 Å². The van der Waals surface area contributed by atoms with Gasteiger partial charge in [0.15, 0.2) is 5.76 Å². The van der Waals surface area contributed by atoms with Gasteiger partial charge in [0.2, 0.25) is 5.91 Å². The average molecular weight is 265 g/mol. The third kappa shape index (κ3) is 3.65. The summed E-state index contributed by atoms with van der Waals surface area (Å²) in [5.74, 6) is -0.635. The summed E-state index contributed by atoms with van der Waals surface area (Å²) in [6, 6.07) is 3.51. The first-order valence-electron chi connectivity index (χ1n) is 6.53. The predicted octanol–water partition coefficient (Wildman–Crippen LogP) is 0.220. The summed E-state index contributed by atoms with van der Waals surface area (Å²) in [7, 11) is 0. The smallest absolute Gasteiger partial charge is 0.293 e. The van der Waals surface area contributed by atoms with Gasteiger partial charge in [-0.1, -0.05) is 6.92 Å². The van der Waals surface area contributed by atoms with Gasteiger partial charge >= 0.3 is 0 Å². The number of amides is 2. The molecule has 6 heteroatoms. The molecule has 1 aromatic heterocycles. The van der Waals surface area contributed by atoms with Gasteiger partial charge in [0.1, 0.15) is 0 Å². The third-order valence-corrected chi connectivity index (χ3v) is 3.30. The number of carbonyl (C=O) groups is 2. The van der Waals surface area contributed by atoms with E-state index in [1.54, 1.807) is 6.07 Å². The summed E-state index contributed by atoms with van der Waals surface area (Å²) in [5.41, 5.74) is 0. The minimum Gasteiger partial charge on any atom is -0.459 e. The molecule has 2 N–H and O–H groups in total. The predicted molar refractivity (Wildman–Crippen MR) is 69.7 cm³/mol. The summed E-state index contributed by atoms with van der Waals surface area (Å²) in [5, 5.41) is 5.61. The van der Waals surface area contributed by atoms with E-state index in [-0.39, 0.29) is 18.2 Å². The van der Waals surface area contributed by atoms with Gasteiger partial charge in [0.25, 0.3) is 5.91 Å². The van der Waals surface area contributed by atoms with E-state index in [9.17, 15) is 9.59 Å². The lowest BCUT2D eigenvalue weighted by molar-refractivity contribution is -0.121. The fraction of sp³-hybridized carbons (Fsp3) is 0.538. The molecule has 6 nitrogen and oxygen atoms in total. The van der Waals surface area contributed by atoms with Crippen LogP contribution in [-0.2, 0) is 4.79 Å². The van der Waals surface area contributed by atoms with Crippen LogP contribution in [0.3, 0.4) is 0 Å². The standard InChI is InChI=1S/C13H19N3O3/c1-2-16(10-5-6-14-8-10)9-12(17)15-13(18)11-4-3-7-19-11/h3-4,7,10,14H,2,5-6,8-9H2,1H3,(H,15,17,18). The minimum atomic E-state index is -0.490. The molecule has 2 amide bonds. The van der Waals surface area contributed by atoms with Crippen molar-refractivity contribution in [3.63, 3.8) is 0 Å². The first kappa shape index (κ1) is 13.8. The molecular formula is C13H19N3O3. The van der Waals surface area contributed by atoms with E-state index in [1.807, 2.05) is 6.92 Å². The molecular weight excluding hydrogens is 246 g/mol. The molecule has 0 spiro atoms. The molecule has 1 fully saturated rings. The van der Waals surface area contributed by atoms with Crippen LogP contribution in [0.1, 0.15) is 23.9 Å². The second-order valence-corrected chi connectivity index (χ2v) is 4.56. The fourth-order valence-corrected chi connectivity index (χ4v) is 2.27. The number of imide groups is 1. The van der Waals surface area contributed by atoms with Gasteiger partial charge in [-0.15, -0.1) is 0 Å². The topological polar surface area (TPSA) is 74.6 Å². The van der Waals surface area contributed by atoms with Crippen molar-refractivity contribution >= 4 is 11.8 Å². The Hall–Kier alpha value is -1.66. The summed E-state index contributed by atoms with van der Waals surface area (Å²) < 4.78 is 4.94. The summed E-state index contributed by atoms with van der Waals surface area (Å²) in [6.45, 7) is 4.91. The van der Waals surface area contributed by atoms with Crippen LogP contribution in [0.25, 0.3) is 0 Å². The molecule has 0 aliphatic carbocycles. The van der Waals surface area contributed by atoms with Crippen LogP contribution < -0.4 is 10.6 Å². The van der Waals surface area contributed by atoms with Gasteiger partial charge in [0, 0.05) is 12.6 Å². The van der Waals surface area contributed by atoms with Gasteiger partial charge in [-0.25, -0.2) is 0 Å². The molecule has 1 aliphatic rings. The van der Waals surface area contributed by atoms with Gasteiger partial charge in [0.05, 0.1) is 12.8 Å². The lowest BCUT2D eigenvalue weighted by Crippen LogP contribution is -2.45. The molecule has 1 aromatic rings. The van der Waals surface area contributed by atoms with Crippen molar-refractivity contribution in [1.82, 2.24) is 15.5 Å². The average Bonchev–Trinajstić information content (AvgIpc) is 3.07. The maximum atomic E-state index is 11.8. The minimum absolute atomic E-state index is 0.152. The molecule has 1 aliphatic heterocycles. The Morgan fingerprint density at radius 1 is 1.58 bits per heavy atom. The fourth-order valence-electron chi connectivity index (χ4n) is 2.27. The van der Waals surface area contributed by atoms with E-state index in [0.29, 0.717) is 6.04 Å². The number of nitrogens with zero attached hydrogens (tertiary/aromatic N) is 1. The van der Waals surface area contributed by atoms with E-state index < -0.39 is 5.91 Å². The molecule has 1 saturated heterocycles. The number of rotatable bonds is 5. The molecule has 2 rings (SSSR count). The van der Waals surface area contributed by atoms with Crippen molar-refractivity contribution in [3.05, 3.63) is 24.2 Å². The van der Waals surface area contributed by atoms with E-state index >= 15 is 0 Å². The summed E-state index contributed by atoms with van der Waals surface area (Å²) in [6.07, 6.45) is 2.44. The molecule has 0 bridgehead atoms. The molecule has 1 atom stereocenters. The van der Waals surface area contributed by atoms with Crippen molar-refractivity contribution < 1.29 is 14.0 Å². The van der Waals surface area contributed by atoms with Crippen molar-refractivity contribution in [2.45, 2.75) is 19.4 Å². The Bertz CT molecular complexity index is 424. The van der Waals surface area contributed by atoms with Crippen LogP contribution >= 0.6 is 0 Å².